The quantitative estimate of drug-likeness (QED) is 0.790. The molecule has 0 saturated carbocycles. The van der Waals surface area contributed by atoms with Gasteiger partial charge in [-0.05, 0) is 31.0 Å². The van der Waals surface area contributed by atoms with Crippen LogP contribution >= 0.6 is 0 Å². The fraction of sp³-hybridized carbons (Fsp3) is 0.389. The van der Waals surface area contributed by atoms with Crippen LogP contribution in [0, 0.1) is 6.92 Å². The number of aryl methyl sites for hydroxylation is 1. The third kappa shape index (κ3) is 1.75. The SMILES string of the molecule is CCC1N(c2ccccc2C)c2ncccc2C1(C)C. The number of para-hydroxylation sites is 1. The molecule has 1 aliphatic heterocycles. The maximum atomic E-state index is 4.68. The van der Waals surface area contributed by atoms with Gasteiger partial charge in [-0.2, -0.15) is 0 Å². The molecule has 2 heteroatoms. The normalized spacial score (nSPS) is 20.0. The average Bonchev–Trinajstić information content (AvgIpc) is 2.67. The molecule has 0 bridgehead atoms. The van der Waals surface area contributed by atoms with Gasteiger partial charge in [0.1, 0.15) is 5.82 Å². The minimum Gasteiger partial charge on any atom is -0.322 e. The van der Waals surface area contributed by atoms with E-state index in [4.69, 9.17) is 0 Å². The van der Waals surface area contributed by atoms with Gasteiger partial charge < -0.3 is 4.90 Å². The fourth-order valence-electron chi connectivity index (χ4n) is 3.55. The van der Waals surface area contributed by atoms with Crippen molar-refractivity contribution in [2.24, 2.45) is 0 Å². The molecule has 0 aliphatic carbocycles. The molecule has 1 aromatic carbocycles. The fourth-order valence-corrected chi connectivity index (χ4v) is 3.55. The van der Waals surface area contributed by atoms with E-state index in [2.05, 4.69) is 74.0 Å². The molecule has 1 atom stereocenters. The summed E-state index contributed by atoms with van der Waals surface area (Å²) in [7, 11) is 0. The van der Waals surface area contributed by atoms with Gasteiger partial charge in [0.25, 0.3) is 0 Å². The molecule has 0 radical (unpaired) electrons. The first-order valence-corrected chi connectivity index (χ1v) is 7.37. The number of anilines is 2. The van der Waals surface area contributed by atoms with Gasteiger partial charge >= 0.3 is 0 Å². The van der Waals surface area contributed by atoms with E-state index in [1.54, 1.807) is 0 Å². The summed E-state index contributed by atoms with van der Waals surface area (Å²) in [5.41, 5.74) is 4.07. The van der Waals surface area contributed by atoms with Crippen molar-refractivity contribution >= 4 is 11.5 Å². The summed E-state index contributed by atoms with van der Waals surface area (Å²) in [4.78, 5) is 7.11. The third-order valence-corrected chi connectivity index (χ3v) is 4.62. The second-order valence-electron chi connectivity index (χ2n) is 6.18. The topological polar surface area (TPSA) is 16.1 Å². The molecule has 2 aromatic rings. The van der Waals surface area contributed by atoms with Crippen LogP contribution in [-0.4, -0.2) is 11.0 Å². The summed E-state index contributed by atoms with van der Waals surface area (Å²) in [6.07, 6.45) is 3.01. The maximum absolute atomic E-state index is 4.68. The van der Waals surface area contributed by atoms with Gasteiger partial charge in [0, 0.05) is 28.9 Å². The maximum Gasteiger partial charge on any atom is 0.137 e. The number of rotatable bonds is 2. The number of benzene rings is 1. The summed E-state index contributed by atoms with van der Waals surface area (Å²) in [5, 5.41) is 0. The van der Waals surface area contributed by atoms with Crippen molar-refractivity contribution in [1.82, 2.24) is 4.98 Å². The second kappa shape index (κ2) is 4.62. The Balaban J connectivity index is 2.22. The van der Waals surface area contributed by atoms with E-state index in [9.17, 15) is 0 Å². The van der Waals surface area contributed by atoms with E-state index in [0.717, 1.165) is 12.2 Å². The first-order chi connectivity index (χ1) is 9.57. The summed E-state index contributed by atoms with van der Waals surface area (Å²) in [6, 6.07) is 13.3. The highest BCUT2D eigenvalue weighted by Gasteiger charge is 2.45. The van der Waals surface area contributed by atoms with E-state index in [0.29, 0.717) is 6.04 Å². The molecule has 0 saturated heterocycles. The van der Waals surface area contributed by atoms with Gasteiger partial charge in [0.05, 0.1) is 0 Å². The summed E-state index contributed by atoms with van der Waals surface area (Å²) >= 11 is 0. The monoisotopic (exact) mass is 266 g/mol. The Morgan fingerprint density at radius 2 is 1.90 bits per heavy atom. The Hall–Kier alpha value is -1.83. The number of nitrogens with zero attached hydrogens (tertiary/aromatic N) is 2. The minimum atomic E-state index is 0.126. The van der Waals surface area contributed by atoms with Gasteiger partial charge in [-0.1, -0.05) is 45.0 Å². The first kappa shape index (κ1) is 13.2. The lowest BCUT2D eigenvalue weighted by molar-refractivity contribution is 0.425. The van der Waals surface area contributed by atoms with Crippen LogP contribution in [0.25, 0.3) is 0 Å². The molecule has 1 aromatic heterocycles. The highest BCUT2D eigenvalue weighted by atomic mass is 15.3. The summed E-state index contributed by atoms with van der Waals surface area (Å²) < 4.78 is 0. The van der Waals surface area contributed by atoms with Crippen LogP contribution in [0.15, 0.2) is 42.6 Å². The zero-order chi connectivity index (χ0) is 14.3. The predicted molar refractivity (Wildman–Crippen MR) is 84.7 cm³/mol. The van der Waals surface area contributed by atoms with Crippen molar-refractivity contribution in [3.05, 3.63) is 53.7 Å². The zero-order valence-corrected chi connectivity index (χ0v) is 12.7. The summed E-state index contributed by atoms with van der Waals surface area (Å²) in [5.74, 6) is 1.12. The molecule has 0 spiro atoms. The Bertz CT molecular complexity index is 631. The van der Waals surface area contributed by atoms with E-state index in [1.165, 1.54) is 16.8 Å². The lowest BCUT2D eigenvalue weighted by atomic mass is 9.80. The van der Waals surface area contributed by atoms with Crippen LogP contribution in [0.1, 0.15) is 38.3 Å². The molecule has 1 unspecified atom stereocenters. The van der Waals surface area contributed by atoms with Crippen molar-refractivity contribution in [2.75, 3.05) is 4.90 Å². The molecule has 2 nitrogen and oxygen atoms in total. The third-order valence-electron chi connectivity index (χ3n) is 4.62. The number of hydrogen-bond acceptors (Lipinski definition) is 2. The molecule has 0 amide bonds. The summed E-state index contributed by atoms with van der Waals surface area (Å²) in [6.45, 7) is 9.11. The van der Waals surface area contributed by atoms with Crippen LogP contribution in [0.4, 0.5) is 11.5 Å². The molecule has 20 heavy (non-hydrogen) atoms. The first-order valence-electron chi connectivity index (χ1n) is 7.37. The number of fused-ring (bicyclic) bond motifs is 1. The lowest BCUT2D eigenvalue weighted by Gasteiger charge is -2.34. The highest BCUT2D eigenvalue weighted by molar-refractivity contribution is 5.72. The van der Waals surface area contributed by atoms with Crippen LogP contribution < -0.4 is 4.90 Å². The highest BCUT2D eigenvalue weighted by Crippen LogP contribution is 2.48. The number of aromatic nitrogens is 1. The smallest absolute Gasteiger partial charge is 0.137 e. The molecule has 2 heterocycles. The van der Waals surface area contributed by atoms with Crippen molar-refractivity contribution in [3.63, 3.8) is 0 Å². The van der Waals surface area contributed by atoms with Crippen molar-refractivity contribution in [1.29, 1.82) is 0 Å². The van der Waals surface area contributed by atoms with Crippen molar-refractivity contribution in [3.8, 4) is 0 Å². The molecule has 0 N–H and O–H groups in total. The van der Waals surface area contributed by atoms with Gasteiger partial charge in [-0.15, -0.1) is 0 Å². The van der Waals surface area contributed by atoms with E-state index in [-0.39, 0.29) is 5.41 Å². The van der Waals surface area contributed by atoms with Crippen LogP contribution in [0.5, 0.6) is 0 Å². The Labute approximate surface area is 121 Å². The zero-order valence-electron chi connectivity index (χ0n) is 12.7. The van der Waals surface area contributed by atoms with Crippen LogP contribution in [0.3, 0.4) is 0 Å². The largest absolute Gasteiger partial charge is 0.322 e. The Kier molecular flexibility index (Phi) is 3.04. The average molecular weight is 266 g/mol. The van der Waals surface area contributed by atoms with Gasteiger partial charge in [0.2, 0.25) is 0 Å². The second-order valence-corrected chi connectivity index (χ2v) is 6.18. The van der Waals surface area contributed by atoms with Crippen molar-refractivity contribution < 1.29 is 0 Å². The predicted octanol–water partition coefficient (Wildman–Crippen LogP) is 4.60. The minimum absolute atomic E-state index is 0.126. The Morgan fingerprint density at radius 3 is 2.60 bits per heavy atom. The van der Waals surface area contributed by atoms with E-state index in [1.807, 2.05) is 6.20 Å². The molecule has 3 rings (SSSR count). The molecular weight excluding hydrogens is 244 g/mol. The number of hydrogen-bond donors (Lipinski definition) is 0. The van der Waals surface area contributed by atoms with Gasteiger partial charge in [-0.3, -0.25) is 0 Å². The number of pyridine rings is 1. The van der Waals surface area contributed by atoms with Gasteiger partial charge in [-0.25, -0.2) is 4.98 Å². The van der Waals surface area contributed by atoms with Crippen LogP contribution in [-0.2, 0) is 5.41 Å². The van der Waals surface area contributed by atoms with Crippen molar-refractivity contribution in [2.45, 2.75) is 45.6 Å². The van der Waals surface area contributed by atoms with E-state index >= 15 is 0 Å². The van der Waals surface area contributed by atoms with E-state index < -0.39 is 0 Å². The molecule has 104 valence electrons. The lowest BCUT2D eigenvalue weighted by Crippen LogP contribution is -2.38. The molecule has 1 aliphatic rings. The molecular formula is C18H22N2. The Morgan fingerprint density at radius 1 is 1.15 bits per heavy atom. The van der Waals surface area contributed by atoms with Gasteiger partial charge in [0.15, 0.2) is 0 Å². The van der Waals surface area contributed by atoms with Crippen LogP contribution in [0.2, 0.25) is 0 Å². The standard InChI is InChI=1S/C18H22N2/c1-5-16-18(3,4)14-10-8-12-19-17(14)20(16)15-11-7-6-9-13(15)2/h6-12,16H,5H2,1-4H3. The molecule has 0 fully saturated rings.